The maximum atomic E-state index is 16.2. The van der Waals surface area contributed by atoms with Crippen LogP contribution in [0.3, 0.4) is 0 Å². The first-order valence-electron chi connectivity index (χ1n) is 24.4. The standard InChI is InChI=1S/C41H53FN10O2S.C4H7NO2.2C2H6.CH3F/c1-26(49-18-20-50(21-19-49)28-12-13-30-33(23-28)48(4)47-36(30)43-3)27-8-7-9-29(22-27)55-51-17-16-40(2,35(42)25-51)46-39-44-24-31-37(45-39)52(38(54)41(31)14-15-41)32-10-5-6-11-34(32)53;6-3-1-2-5-4-7;3*1-2/h7-9,12-13,22-24,26,32,34-35,53H,5-6,10-11,14-21,25H2,1-4H3,(H,43,47)(H,44,45,46);3-4H,1-2H2,(H,5,7);2*1-2H3;1H3/t26?,32?,34-,35?,40-;;;;/m0..../s1. The van der Waals surface area contributed by atoms with E-state index in [-0.39, 0.29) is 24.5 Å². The van der Waals surface area contributed by atoms with E-state index in [4.69, 9.17) is 4.98 Å². The van der Waals surface area contributed by atoms with Gasteiger partial charge in [0, 0.05) is 100 Å². The van der Waals surface area contributed by atoms with E-state index in [0.29, 0.717) is 57.7 Å². The lowest BCUT2D eigenvalue weighted by Crippen LogP contribution is -2.54. The second kappa shape index (κ2) is 25.1. The largest absolute Gasteiger partial charge is 0.391 e. The summed E-state index contributed by atoms with van der Waals surface area (Å²) in [7, 11) is 4.40. The Balaban J connectivity index is 0.000000599. The van der Waals surface area contributed by atoms with Gasteiger partial charge in [0.25, 0.3) is 0 Å². The highest BCUT2D eigenvalue weighted by Crippen LogP contribution is 2.58. The smallest absolute Gasteiger partial charge is 0.239 e. The highest BCUT2D eigenvalue weighted by molar-refractivity contribution is 7.97. The van der Waals surface area contributed by atoms with Gasteiger partial charge >= 0.3 is 0 Å². The zero-order valence-electron chi connectivity index (χ0n) is 41.6. The molecule has 374 valence electrons. The summed E-state index contributed by atoms with van der Waals surface area (Å²) in [6, 6.07) is 15.3. The minimum atomic E-state index is -1.17. The maximum absolute atomic E-state index is 16.2. The molecule has 9 rings (SSSR count). The molecule has 4 fully saturated rings. The summed E-state index contributed by atoms with van der Waals surface area (Å²) in [5.41, 5.74) is 3.07. The molecule has 18 heteroatoms. The van der Waals surface area contributed by atoms with E-state index in [9.17, 15) is 23.9 Å². The van der Waals surface area contributed by atoms with Gasteiger partial charge in [0.1, 0.15) is 18.3 Å². The molecule has 15 nitrogen and oxygen atoms in total. The molecule has 0 bridgehead atoms. The van der Waals surface area contributed by atoms with Crippen LogP contribution in [0.4, 0.5) is 32.1 Å². The van der Waals surface area contributed by atoms with Crippen LogP contribution in [0.1, 0.15) is 110 Å². The number of piperidine rings is 1. The van der Waals surface area contributed by atoms with E-state index >= 15 is 4.39 Å². The summed E-state index contributed by atoms with van der Waals surface area (Å²) < 4.78 is 29.8. The number of aliphatic hydroxyl groups excluding tert-OH is 1. The summed E-state index contributed by atoms with van der Waals surface area (Å²) in [5.74, 6) is 1.88. The fourth-order valence-electron chi connectivity index (χ4n) is 9.56. The molecule has 4 aromatic rings. The highest BCUT2D eigenvalue weighted by atomic mass is 32.2. The van der Waals surface area contributed by atoms with Crippen LogP contribution in [0, 0.1) is 0 Å². The van der Waals surface area contributed by atoms with Gasteiger partial charge in [0.05, 0.1) is 35.8 Å². The van der Waals surface area contributed by atoms with E-state index in [2.05, 4.69) is 89.5 Å². The molecule has 1 spiro atoms. The molecular formula is C50H75F2N11O4S. The number of hydrogen-bond donors (Lipinski definition) is 4. The van der Waals surface area contributed by atoms with Gasteiger partial charge in [0.15, 0.2) is 5.82 Å². The Labute approximate surface area is 406 Å². The minimum absolute atomic E-state index is 0.0413. The zero-order valence-corrected chi connectivity index (χ0v) is 42.4. The number of fused-ring (bicyclic) bond motifs is 3. The number of piperazine rings is 1. The van der Waals surface area contributed by atoms with Gasteiger partial charge in [-0.25, -0.2) is 13.7 Å². The molecule has 0 radical (unpaired) electrons. The predicted molar refractivity (Wildman–Crippen MR) is 271 cm³/mol. The van der Waals surface area contributed by atoms with Crippen LogP contribution in [0.15, 0.2) is 53.6 Å². The van der Waals surface area contributed by atoms with E-state index in [1.54, 1.807) is 23.0 Å². The van der Waals surface area contributed by atoms with Crippen LogP contribution in [-0.2, 0) is 26.8 Å². The normalized spacial score (nSPS) is 23.2. The van der Waals surface area contributed by atoms with Gasteiger partial charge in [-0.2, -0.15) is 10.1 Å². The van der Waals surface area contributed by atoms with E-state index < -0.39 is 23.2 Å². The van der Waals surface area contributed by atoms with Crippen molar-refractivity contribution in [1.29, 1.82) is 0 Å². The average Bonchev–Trinajstić information content (AvgIpc) is 4.07. The Morgan fingerprint density at radius 1 is 0.985 bits per heavy atom. The van der Waals surface area contributed by atoms with Crippen LogP contribution >= 0.6 is 11.9 Å². The van der Waals surface area contributed by atoms with Gasteiger partial charge in [-0.15, -0.1) is 0 Å². The van der Waals surface area contributed by atoms with Gasteiger partial charge < -0.3 is 30.8 Å². The van der Waals surface area contributed by atoms with Crippen LogP contribution in [0.5, 0.6) is 0 Å². The Hall–Kier alpha value is -4.91. The minimum Gasteiger partial charge on any atom is -0.391 e. The third-order valence-electron chi connectivity index (χ3n) is 13.6. The zero-order chi connectivity index (χ0) is 49.6. The van der Waals surface area contributed by atoms with Crippen molar-refractivity contribution in [2.45, 2.75) is 133 Å². The van der Waals surface area contributed by atoms with Crippen molar-refractivity contribution in [3.05, 3.63) is 59.8 Å². The van der Waals surface area contributed by atoms with E-state index in [1.807, 2.05) is 53.4 Å². The first-order valence-corrected chi connectivity index (χ1v) is 25.2. The lowest BCUT2D eigenvalue weighted by Gasteiger charge is -2.42. The van der Waals surface area contributed by atoms with Crippen molar-refractivity contribution in [3.63, 3.8) is 0 Å². The lowest BCUT2D eigenvalue weighted by molar-refractivity contribution is -0.121. The molecule has 3 aliphatic heterocycles. The van der Waals surface area contributed by atoms with Gasteiger partial charge in [-0.05, 0) is 93.8 Å². The number of hydrogen-bond acceptors (Lipinski definition) is 13. The quantitative estimate of drug-likeness (QED) is 0.0583. The summed E-state index contributed by atoms with van der Waals surface area (Å²) in [5, 5.41) is 25.5. The van der Waals surface area contributed by atoms with Crippen molar-refractivity contribution >= 4 is 64.7 Å². The molecular weight excluding hydrogens is 889 g/mol. The SMILES string of the molecule is CC.CC.CF.CNc1nn(C)c2cc(N3CCN(C(C)c4cccc(SN5CC[C@](C)(Nc6ncc7c(n6)N(C6CCCC[C@@H]6O)C(=O)C76CC6)C(F)C5)c4)CC3)ccc12.O=CCCNC=O. The molecule has 5 heterocycles. The van der Waals surface area contributed by atoms with Crippen molar-refractivity contribution in [2.75, 3.05) is 80.5 Å². The Bertz CT molecular complexity index is 2250. The molecule has 2 aromatic heterocycles. The van der Waals surface area contributed by atoms with Crippen molar-refractivity contribution in [2.24, 2.45) is 7.05 Å². The molecule has 3 unspecified atom stereocenters. The van der Waals surface area contributed by atoms with Crippen molar-refractivity contribution < 1.29 is 28.3 Å². The number of amides is 2. The maximum Gasteiger partial charge on any atom is 0.239 e. The molecule has 4 N–H and O–H groups in total. The molecule has 2 aromatic carbocycles. The van der Waals surface area contributed by atoms with E-state index in [0.717, 1.165) is 91.7 Å². The number of carbonyl (C=O) groups excluding carboxylic acids is 3. The Morgan fingerprint density at radius 3 is 2.35 bits per heavy atom. The van der Waals surface area contributed by atoms with Crippen molar-refractivity contribution in [1.82, 2.24) is 34.3 Å². The molecule has 5 aliphatic rings. The molecule has 2 amide bonds. The van der Waals surface area contributed by atoms with Crippen LogP contribution in [0.2, 0.25) is 0 Å². The summed E-state index contributed by atoms with van der Waals surface area (Å²) >= 11 is 1.62. The molecule has 2 aliphatic carbocycles. The number of carbonyl (C=O) groups is 3. The van der Waals surface area contributed by atoms with Crippen LogP contribution < -0.4 is 25.8 Å². The van der Waals surface area contributed by atoms with Gasteiger partial charge in [0.2, 0.25) is 18.3 Å². The summed E-state index contributed by atoms with van der Waals surface area (Å²) in [6.45, 7) is 17.5. The number of rotatable bonds is 13. The molecule has 2 saturated heterocycles. The highest BCUT2D eigenvalue weighted by Gasteiger charge is 2.62. The van der Waals surface area contributed by atoms with Crippen molar-refractivity contribution in [3.8, 4) is 0 Å². The third kappa shape index (κ3) is 11.9. The number of nitrogens with one attached hydrogen (secondary N) is 3. The Kier molecular flexibility index (Phi) is 19.9. The van der Waals surface area contributed by atoms with Crippen LogP contribution in [-0.4, -0.2) is 137 Å². The second-order valence-corrected chi connectivity index (χ2v) is 18.7. The second-order valence-electron chi connectivity index (χ2n) is 17.6. The number of aliphatic hydroxyl groups is 1. The number of benzene rings is 2. The number of aldehydes is 1. The summed E-state index contributed by atoms with van der Waals surface area (Å²) in [4.78, 5) is 50.0. The van der Waals surface area contributed by atoms with E-state index in [1.165, 1.54) is 11.3 Å². The Morgan fingerprint density at radius 2 is 1.71 bits per heavy atom. The molecule has 68 heavy (non-hydrogen) atoms. The first-order chi connectivity index (χ1) is 33.0. The lowest BCUT2D eigenvalue weighted by atomic mass is 9.89. The number of aromatic nitrogens is 4. The number of halogens is 2. The fraction of sp³-hybridized carbons (Fsp3) is 0.600. The number of alkyl halides is 2. The number of nitrogens with zero attached hydrogens (tertiary/aromatic N) is 8. The topological polar surface area (TPSA) is 164 Å². The first kappa shape index (κ1) is 54.0. The predicted octanol–water partition coefficient (Wildman–Crippen LogP) is 7.85. The summed E-state index contributed by atoms with van der Waals surface area (Å²) in [6.07, 6.45) is 7.30. The number of aryl methyl sites for hydroxylation is 1. The molecule has 2 saturated carbocycles. The fourth-order valence-corrected chi connectivity index (χ4v) is 10.6. The molecule has 5 atom stereocenters. The van der Waals surface area contributed by atoms with Crippen LogP contribution in [0.25, 0.3) is 10.9 Å². The number of anilines is 4. The monoisotopic (exact) mass is 964 g/mol. The van der Waals surface area contributed by atoms with Gasteiger partial charge in [-0.1, -0.05) is 52.7 Å². The van der Waals surface area contributed by atoms with Gasteiger partial charge in [-0.3, -0.25) is 28.5 Å². The average molecular weight is 964 g/mol. The third-order valence-corrected chi connectivity index (χ3v) is 14.7.